The van der Waals surface area contributed by atoms with Crippen LogP contribution in [0.1, 0.15) is 30.1 Å². The first-order chi connectivity index (χ1) is 8.60. The van der Waals surface area contributed by atoms with Crippen molar-refractivity contribution < 1.29 is 15.0 Å². The van der Waals surface area contributed by atoms with Crippen molar-refractivity contribution in [1.29, 1.82) is 0 Å². The number of nitrogens with two attached hydrogens (primary N) is 1. The van der Waals surface area contributed by atoms with E-state index in [0.29, 0.717) is 6.54 Å². The molecule has 1 rings (SSSR count). The predicted molar refractivity (Wildman–Crippen MR) is 72.0 cm³/mol. The Balaban J connectivity index is 2.97. The molecule has 0 heterocycles. The second-order valence-electron chi connectivity index (χ2n) is 4.14. The molecule has 0 aliphatic heterocycles. The molecule has 0 fully saturated rings. The first kappa shape index (κ1) is 14.3. The Morgan fingerprint density at radius 1 is 1.39 bits per heavy atom. The van der Waals surface area contributed by atoms with Gasteiger partial charge in [-0.3, -0.25) is 0 Å². The Morgan fingerprint density at radius 3 is 2.67 bits per heavy atom. The van der Waals surface area contributed by atoms with Gasteiger partial charge in [-0.15, -0.1) is 0 Å². The van der Waals surface area contributed by atoms with Crippen molar-refractivity contribution >= 4 is 17.3 Å². The van der Waals surface area contributed by atoms with Gasteiger partial charge in [0.25, 0.3) is 0 Å². The summed E-state index contributed by atoms with van der Waals surface area (Å²) >= 11 is 0. The fraction of sp³-hybridized carbons (Fsp3) is 0.462. The number of nitrogens with zero attached hydrogens (tertiary/aromatic N) is 1. The molecule has 1 aromatic rings. The van der Waals surface area contributed by atoms with E-state index in [9.17, 15) is 4.79 Å². The van der Waals surface area contributed by atoms with Crippen LogP contribution >= 0.6 is 0 Å². The van der Waals surface area contributed by atoms with Crippen molar-refractivity contribution in [3.05, 3.63) is 23.8 Å². The minimum absolute atomic E-state index is 0.0382. The lowest BCUT2D eigenvalue weighted by atomic mass is 10.1. The maximum atomic E-state index is 11.0. The molecule has 0 aliphatic rings. The summed E-state index contributed by atoms with van der Waals surface area (Å²) in [5.74, 6) is -1.03. The Morgan fingerprint density at radius 2 is 2.11 bits per heavy atom. The maximum absolute atomic E-state index is 11.0. The smallest absolute Gasteiger partial charge is 0.337 e. The van der Waals surface area contributed by atoms with E-state index in [1.165, 1.54) is 0 Å². The average molecular weight is 252 g/mol. The van der Waals surface area contributed by atoms with Crippen molar-refractivity contribution in [3.8, 4) is 0 Å². The zero-order chi connectivity index (χ0) is 13.5. The Kier molecular flexibility index (Phi) is 5.45. The lowest BCUT2D eigenvalue weighted by Crippen LogP contribution is -2.28. The van der Waals surface area contributed by atoms with Crippen molar-refractivity contribution in [2.75, 3.05) is 30.3 Å². The number of aliphatic hydroxyl groups excluding tert-OH is 1. The van der Waals surface area contributed by atoms with Crippen molar-refractivity contribution in [2.45, 2.75) is 19.8 Å². The Hall–Kier alpha value is -1.75. The molecule has 100 valence electrons. The highest BCUT2D eigenvalue weighted by atomic mass is 16.4. The number of benzene rings is 1. The zero-order valence-corrected chi connectivity index (χ0v) is 10.6. The van der Waals surface area contributed by atoms with Crippen LogP contribution in [0.5, 0.6) is 0 Å². The van der Waals surface area contributed by atoms with Crippen LogP contribution in [-0.2, 0) is 0 Å². The fourth-order valence-electron chi connectivity index (χ4n) is 1.77. The van der Waals surface area contributed by atoms with Gasteiger partial charge >= 0.3 is 5.97 Å². The summed E-state index contributed by atoms with van der Waals surface area (Å²) in [6.45, 7) is 3.41. The third kappa shape index (κ3) is 3.63. The molecule has 0 amide bonds. The van der Waals surface area contributed by atoms with Gasteiger partial charge in [-0.25, -0.2) is 4.79 Å². The zero-order valence-electron chi connectivity index (χ0n) is 10.6. The number of unbranched alkanes of at least 4 members (excludes halogenated alkanes) is 1. The number of aromatic carboxylic acids is 1. The number of carboxylic acids is 1. The lowest BCUT2D eigenvalue weighted by Gasteiger charge is -2.24. The fourth-order valence-corrected chi connectivity index (χ4v) is 1.77. The maximum Gasteiger partial charge on any atom is 0.337 e. The van der Waals surface area contributed by atoms with Gasteiger partial charge in [0.2, 0.25) is 0 Å². The van der Waals surface area contributed by atoms with Gasteiger partial charge in [-0.1, -0.05) is 13.3 Å². The molecule has 5 nitrogen and oxygen atoms in total. The predicted octanol–water partition coefficient (Wildman–Crippen LogP) is 1.57. The molecule has 0 saturated heterocycles. The average Bonchev–Trinajstić information content (AvgIpc) is 2.35. The normalized spacial score (nSPS) is 10.3. The lowest BCUT2D eigenvalue weighted by molar-refractivity contribution is 0.0698. The molecule has 0 aromatic heterocycles. The number of hydrogen-bond acceptors (Lipinski definition) is 4. The van der Waals surface area contributed by atoms with E-state index in [0.717, 1.165) is 25.1 Å². The summed E-state index contributed by atoms with van der Waals surface area (Å²) in [4.78, 5) is 13.0. The minimum Gasteiger partial charge on any atom is -0.478 e. The number of aliphatic hydroxyl groups is 1. The van der Waals surface area contributed by atoms with E-state index in [2.05, 4.69) is 6.92 Å². The molecule has 0 aliphatic carbocycles. The number of anilines is 2. The van der Waals surface area contributed by atoms with Crippen LogP contribution in [-0.4, -0.2) is 35.9 Å². The molecule has 0 unspecified atom stereocenters. The number of nitrogen functional groups attached to an aromatic ring is 1. The summed E-state index contributed by atoms with van der Waals surface area (Å²) in [5, 5.41) is 18.1. The van der Waals surface area contributed by atoms with Crippen LogP contribution < -0.4 is 10.6 Å². The Labute approximate surface area is 107 Å². The van der Waals surface area contributed by atoms with Crippen LogP contribution in [0, 0.1) is 0 Å². The van der Waals surface area contributed by atoms with Gasteiger partial charge in [0, 0.05) is 24.5 Å². The van der Waals surface area contributed by atoms with Crippen molar-refractivity contribution in [3.63, 3.8) is 0 Å². The number of carboxylic acid groups (broad SMARTS) is 1. The van der Waals surface area contributed by atoms with Crippen molar-refractivity contribution in [2.24, 2.45) is 0 Å². The quantitative estimate of drug-likeness (QED) is 0.641. The highest BCUT2D eigenvalue weighted by Crippen LogP contribution is 2.21. The van der Waals surface area contributed by atoms with Gasteiger partial charge in [-0.05, 0) is 24.6 Å². The van der Waals surface area contributed by atoms with E-state index in [4.69, 9.17) is 15.9 Å². The SMILES string of the molecule is CCCCN(CCO)c1ccc(N)c(C(=O)O)c1. The minimum atomic E-state index is -1.03. The topological polar surface area (TPSA) is 86.8 Å². The van der Waals surface area contributed by atoms with Crippen LogP contribution in [0.4, 0.5) is 11.4 Å². The molecule has 18 heavy (non-hydrogen) atoms. The molecule has 4 N–H and O–H groups in total. The van der Waals surface area contributed by atoms with Gasteiger partial charge in [-0.2, -0.15) is 0 Å². The van der Waals surface area contributed by atoms with E-state index in [1.807, 2.05) is 4.90 Å². The Bertz CT molecular complexity index is 407. The third-order valence-electron chi connectivity index (χ3n) is 2.78. The second-order valence-corrected chi connectivity index (χ2v) is 4.14. The van der Waals surface area contributed by atoms with Gasteiger partial charge in [0.1, 0.15) is 0 Å². The van der Waals surface area contributed by atoms with Crippen LogP contribution in [0.15, 0.2) is 18.2 Å². The number of hydrogen-bond donors (Lipinski definition) is 3. The molecule has 0 saturated carbocycles. The first-order valence-electron chi connectivity index (χ1n) is 6.08. The monoisotopic (exact) mass is 252 g/mol. The standard InChI is InChI=1S/C13H20N2O3/c1-2-3-6-15(7-8-16)10-4-5-12(14)11(9-10)13(17)18/h4-5,9,16H,2-3,6-8,14H2,1H3,(H,17,18). The van der Waals surface area contributed by atoms with E-state index in [1.54, 1.807) is 18.2 Å². The summed E-state index contributed by atoms with van der Waals surface area (Å²) in [7, 11) is 0. The van der Waals surface area contributed by atoms with Gasteiger partial charge in [0.05, 0.1) is 12.2 Å². The first-order valence-corrected chi connectivity index (χ1v) is 6.08. The number of carbonyl (C=O) groups is 1. The van der Waals surface area contributed by atoms with Crippen LogP contribution in [0.2, 0.25) is 0 Å². The summed E-state index contributed by atoms with van der Waals surface area (Å²) in [5.41, 5.74) is 6.76. The summed E-state index contributed by atoms with van der Waals surface area (Å²) in [6, 6.07) is 4.94. The largest absolute Gasteiger partial charge is 0.478 e. The summed E-state index contributed by atoms with van der Waals surface area (Å²) in [6.07, 6.45) is 2.04. The van der Waals surface area contributed by atoms with Crippen molar-refractivity contribution in [1.82, 2.24) is 0 Å². The van der Waals surface area contributed by atoms with Crippen LogP contribution in [0.3, 0.4) is 0 Å². The molecule has 1 aromatic carbocycles. The molecular formula is C13H20N2O3. The molecule has 5 heteroatoms. The molecule has 0 bridgehead atoms. The molecule has 0 atom stereocenters. The highest BCUT2D eigenvalue weighted by molar-refractivity contribution is 5.94. The van der Waals surface area contributed by atoms with Crippen LogP contribution in [0.25, 0.3) is 0 Å². The number of rotatable bonds is 7. The van der Waals surface area contributed by atoms with E-state index < -0.39 is 5.97 Å². The molecule has 0 radical (unpaired) electrons. The molecular weight excluding hydrogens is 232 g/mol. The van der Waals surface area contributed by atoms with E-state index >= 15 is 0 Å². The van der Waals surface area contributed by atoms with Gasteiger partial charge < -0.3 is 20.8 Å². The molecule has 0 spiro atoms. The van der Waals surface area contributed by atoms with E-state index in [-0.39, 0.29) is 17.9 Å². The second kappa shape index (κ2) is 6.86. The third-order valence-corrected chi connectivity index (χ3v) is 2.78. The van der Waals surface area contributed by atoms with Gasteiger partial charge in [0.15, 0.2) is 0 Å². The summed E-state index contributed by atoms with van der Waals surface area (Å²) < 4.78 is 0. The highest BCUT2D eigenvalue weighted by Gasteiger charge is 2.12.